The number of piperidine rings is 1. The van der Waals surface area contributed by atoms with Gasteiger partial charge in [0, 0.05) is 30.6 Å². The lowest BCUT2D eigenvalue weighted by Gasteiger charge is -2.39. The highest BCUT2D eigenvalue weighted by molar-refractivity contribution is 6.02. The average Bonchev–Trinajstić information content (AvgIpc) is 3.12. The Morgan fingerprint density at radius 3 is 2.77 bits per heavy atom. The summed E-state index contributed by atoms with van der Waals surface area (Å²) < 4.78 is 6.98. The van der Waals surface area contributed by atoms with Crippen LogP contribution in [0.15, 0.2) is 33.6 Å². The molecule has 0 saturated carbocycles. The van der Waals surface area contributed by atoms with Crippen LogP contribution in [0.25, 0.3) is 21.9 Å². The maximum atomic E-state index is 12.5. The molecule has 2 atom stereocenters. The standard InChI is InChI=1S/C23H30N4O3/c1-15-8-9-20-18(12-15)22-19(23(29)30-20)13-25-27(22)14-21(28)24-10-5-11-26-16(2)6-4-7-17(26)3/h8-9,12-13,16-17H,4-7,10-11,14H2,1-3H3,(H,24,28)/t16-,17-/m1/s1. The molecule has 3 heterocycles. The molecule has 0 bridgehead atoms. The molecule has 1 fully saturated rings. The predicted molar refractivity (Wildman–Crippen MR) is 118 cm³/mol. The Kier molecular flexibility index (Phi) is 5.90. The Morgan fingerprint density at radius 2 is 2.00 bits per heavy atom. The molecule has 7 nitrogen and oxygen atoms in total. The minimum absolute atomic E-state index is 0.0759. The zero-order valence-electron chi connectivity index (χ0n) is 18.0. The number of aromatic nitrogens is 2. The fraction of sp³-hybridized carbons (Fsp3) is 0.522. The summed E-state index contributed by atoms with van der Waals surface area (Å²) in [5, 5.41) is 8.48. The number of hydrogen-bond acceptors (Lipinski definition) is 5. The van der Waals surface area contributed by atoms with Crippen molar-refractivity contribution in [3.8, 4) is 0 Å². The largest absolute Gasteiger partial charge is 0.422 e. The Balaban J connectivity index is 1.42. The van der Waals surface area contributed by atoms with Crippen LogP contribution in [0.5, 0.6) is 0 Å². The Labute approximate surface area is 176 Å². The highest BCUT2D eigenvalue weighted by Crippen LogP contribution is 2.24. The number of amides is 1. The fourth-order valence-corrected chi connectivity index (χ4v) is 4.61. The van der Waals surface area contributed by atoms with Gasteiger partial charge in [0.05, 0.1) is 11.7 Å². The molecular formula is C23H30N4O3. The number of carbonyl (C=O) groups is 1. The van der Waals surface area contributed by atoms with E-state index in [1.807, 2.05) is 19.1 Å². The van der Waals surface area contributed by atoms with E-state index < -0.39 is 5.63 Å². The SMILES string of the molecule is Cc1ccc2oc(=O)c3cnn(CC(=O)NCCCN4[C@H](C)CCC[C@H]4C)c3c2c1. The minimum atomic E-state index is -0.433. The number of fused-ring (bicyclic) bond motifs is 3. The van der Waals surface area contributed by atoms with Crippen molar-refractivity contribution in [3.05, 3.63) is 40.4 Å². The van der Waals surface area contributed by atoms with Gasteiger partial charge in [0.15, 0.2) is 0 Å². The summed E-state index contributed by atoms with van der Waals surface area (Å²) in [6, 6.07) is 6.87. The first-order valence-electron chi connectivity index (χ1n) is 10.9. The van der Waals surface area contributed by atoms with Crippen LogP contribution >= 0.6 is 0 Å². The summed E-state index contributed by atoms with van der Waals surface area (Å²) in [6.45, 7) is 8.27. The Morgan fingerprint density at radius 1 is 1.23 bits per heavy atom. The van der Waals surface area contributed by atoms with Crippen LogP contribution < -0.4 is 10.9 Å². The molecule has 0 aliphatic carbocycles. The maximum absolute atomic E-state index is 12.5. The molecule has 1 aromatic carbocycles. The van der Waals surface area contributed by atoms with E-state index in [1.165, 1.54) is 25.5 Å². The molecule has 3 aromatic rings. The van der Waals surface area contributed by atoms with Gasteiger partial charge in [0.1, 0.15) is 17.5 Å². The van der Waals surface area contributed by atoms with Crippen molar-refractivity contribution in [2.75, 3.05) is 13.1 Å². The van der Waals surface area contributed by atoms with Crippen molar-refractivity contribution >= 4 is 27.8 Å². The van der Waals surface area contributed by atoms with Gasteiger partial charge in [-0.2, -0.15) is 5.10 Å². The van der Waals surface area contributed by atoms with E-state index in [2.05, 4.69) is 29.2 Å². The Bertz CT molecular complexity index is 1110. The third kappa shape index (κ3) is 4.12. The van der Waals surface area contributed by atoms with Crippen molar-refractivity contribution in [1.82, 2.24) is 20.0 Å². The molecule has 1 N–H and O–H groups in total. The summed E-state index contributed by atoms with van der Waals surface area (Å²) in [5.41, 5.74) is 1.77. The van der Waals surface area contributed by atoms with Crippen LogP contribution in [-0.2, 0) is 11.3 Å². The molecule has 4 rings (SSSR count). The number of hydrogen-bond donors (Lipinski definition) is 1. The number of benzene rings is 1. The number of nitrogens with one attached hydrogen (secondary N) is 1. The van der Waals surface area contributed by atoms with E-state index in [9.17, 15) is 9.59 Å². The first-order valence-corrected chi connectivity index (χ1v) is 10.9. The van der Waals surface area contributed by atoms with Gasteiger partial charge in [-0.25, -0.2) is 4.79 Å². The highest BCUT2D eigenvalue weighted by Gasteiger charge is 2.23. The van der Waals surface area contributed by atoms with E-state index in [0.717, 1.165) is 23.9 Å². The molecule has 1 saturated heterocycles. The van der Waals surface area contributed by atoms with Gasteiger partial charge < -0.3 is 9.73 Å². The average molecular weight is 411 g/mol. The molecule has 1 aliphatic heterocycles. The number of rotatable bonds is 6. The zero-order chi connectivity index (χ0) is 21.3. The molecule has 1 aliphatic rings. The van der Waals surface area contributed by atoms with Gasteiger partial charge in [-0.05, 0) is 52.2 Å². The summed E-state index contributed by atoms with van der Waals surface area (Å²) in [6.07, 6.45) is 6.22. The number of aryl methyl sites for hydroxylation is 1. The second-order valence-electron chi connectivity index (χ2n) is 8.52. The predicted octanol–water partition coefficient (Wildman–Crippen LogP) is 3.22. The lowest BCUT2D eigenvalue weighted by Crippen LogP contribution is -2.44. The molecule has 30 heavy (non-hydrogen) atoms. The van der Waals surface area contributed by atoms with E-state index >= 15 is 0 Å². The van der Waals surface area contributed by atoms with E-state index in [1.54, 1.807) is 10.7 Å². The molecule has 0 radical (unpaired) electrons. The van der Waals surface area contributed by atoms with Gasteiger partial charge in [0.25, 0.3) is 0 Å². The van der Waals surface area contributed by atoms with E-state index in [0.29, 0.717) is 35.1 Å². The third-order valence-electron chi connectivity index (χ3n) is 6.24. The zero-order valence-corrected chi connectivity index (χ0v) is 18.0. The lowest BCUT2D eigenvalue weighted by molar-refractivity contribution is -0.121. The summed E-state index contributed by atoms with van der Waals surface area (Å²) in [4.78, 5) is 27.3. The van der Waals surface area contributed by atoms with E-state index in [-0.39, 0.29) is 12.5 Å². The van der Waals surface area contributed by atoms with Gasteiger partial charge in [-0.3, -0.25) is 14.4 Å². The number of likely N-dealkylation sites (tertiary alicyclic amines) is 1. The second-order valence-corrected chi connectivity index (χ2v) is 8.52. The van der Waals surface area contributed by atoms with Gasteiger partial charge >= 0.3 is 5.63 Å². The molecule has 2 aromatic heterocycles. The van der Waals surface area contributed by atoms with Gasteiger partial charge in [0.2, 0.25) is 5.91 Å². The van der Waals surface area contributed by atoms with Crippen molar-refractivity contribution in [3.63, 3.8) is 0 Å². The van der Waals surface area contributed by atoms with Crippen molar-refractivity contribution in [1.29, 1.82) is 0 Å². The van der Waals surface area contributed by atoms with Crippen molar-refractivity contribution in [2.45, 2.75) is 65.1 Å². The first-order chi connectivity index (χ1) is 14.4. The van der Waals surface area contributed by atoms with Gasteiger partial charge in [-0.1, -0.05) is 18.1 Å². The molecule has 0 spiro atoms. The number of carbonyl (C=O) groups excluding carboxylic acids is 1. The van der Waals surface area contributed by atoms with Crippen LogP contribution in [-0.4, -0.2) is 45.8 Å². The first kappa shape index (κ1) is 20.6. The molecule has 160 valence electrons. The monoisotopic (exact) mass is 410 g/mol. The Hall–Kier alpha value is -2.67. The van der Waals surface area contributed by atoms with Crippen molar-refractivity contribution < 1.29 is 9.21 Å². The second kappa shape index (κ2) is 8.60. The number of nitrogens with zero attached hydrogens (tertiary/aromatic N) is 3. The topological polar surface area (TPSA) is 80.4 Å². The van der Waals surface area contributed by atoms with Crippen LogP contribution in [0.2, 0.25) is 0 Å². The molecule has 0 unspecified atom stereocenters. The minimum Gasteiger partial charge on any atom is -0.422 e. The highest BCUT2D eigenvalue weighted by atomic mass is 16.4. The quantitative estimate of drug-likeness (QED) is 0.499. The van der Waals surface area contributed by atoms with Crippen LogP contribution in [0.4, 0.5) is 0 Å². The molecular weight excluding hydrogens is 380 g/mol. The molecule has 7 heteroatoms. The van der Waals surface area contributed by atoms with Gasteiger partial charge in [-0.15, -0.1) is 0 Å². The smallest absolute Gasteiger partial charge is 0.347 e. The van der Waals surface area contributed by atoms with Crippen LogP contribution in [0.3, 0.4) is 0 Å². The normalized spacial score (nSPS) is 20.1. The molecule has 1 amide bonds. The van der Waals surface area contributed by atoms with Crippen LogP contribution in [0, 0.1) is 6.92 Å². The van der Waals surface area contributed by atoms with E-state index in [4.69, 9.17) is 4.42 Å². The summed E-state index contributed by atoms with van der Waals surface area (Å²) >= 11 is 0. The maximum Gasteiger partial charge on any atom is 0.347 e. The lowest BCUT2D eigenvalue weighted by atomic mass is 9.97. The summed E-state index contributed by atoms with van der Waals surface area (Å²) in [7, 11) is 0. The van der Waals surface area contributed by atoms with Crippen molar-refractivity contribution in [2.24, 2.45) is 0 Å². The summed E-state index contributed by atoms with van der Waals surface area (Å²) in [5.74, 6) is -0.103. The fourth-order valence-electron chi connectivity index (χ4n) is 4.61. The third-order valence-corrected chi connectivity index (χ3v) is 6.24. The van der Waals surface area contributed by atoms with Crippen LogP contribution in [0.1, 0.15) is 45.1 Å².